The number of furan rings is 1. The minimum absolute atomic E-state index is 0.0681. The van der Waals surface area contributed by atoms with Crippen LogP contribution in [-0.4, -0.2) is 5.54 Å². The number of nitrogens with one attached hydrogen (secondary N) is 1. The Hall–Kier alpha value is -1.75. The normalized spacial score (nSPS) is 13.3. The van der Waals surface area contributed by atoms with E-state index in [1.54, 1.807) is 18.2 Å². The Kier molecular flexibility index (Phi) is 5.38. The Morgan fingerprint density at radius 2 is 1.64 bits per heavy atom. The van der Waals surface area contributed by atoms with Gasteiger partial charge in [-0.05, 0) is 49.9 Å². The molecule has 1 aromatic heterocycles. The molecule has 0 aliphatic carbocycles. The third-order valence-corrected chi connectivity index (χ3v) is 3.85. The molecule has 0 fully saturated rings. The van der Waals surface area contributed by atoms with Crippen molar-refractivity contribution in [3.63, 3.8) is 0 Å². The summed E-state index contributed by atoms with van der Waals surface area (Å²) >= 11 is 0. The van der Waals surface area contributed by atoms with E-state index in [9.17, 15) is 13.2 Å². The second-order valence-corrected chi connectivity index (χ2v) is 8.32. The molecule has 0 radical (unpaired) electrons. The summed E-state index contributed by atoms with van der Waals surface area (Å²) in [6.07, 6.45) is -3.37. The zero-order valence-corrected chi connectivity index (χ0v) is 15.4. The highest BCUT2D eigenvalue weighted by molar-refractivity contribution is 5.58. The van der Waals surface area contributed by atoms with Crippen molar-refractivity contribution < 1.29 is 17.6 Å². The minimum Gasteiger partial charge on any atom is -0.460 e. The monoisotopic (exact) mass is 353 g/mol. The molecule has 0 bridgehead atoms. The molecule has 1 N–H and O–H groups in total. The molecule has 0 amide bonds. The van der Waals surface area contributed by atoms with Crippen LogP contribution >= 0.6 is 0 Å². The van der Waals surface area contributed by atoms with Crippen molar-refractivity contribution in [1.82, 2.24) is 5.32 Å². The second kappa shape index (κ2) is 6.87. The van der Waals surface area contributed by atoms with E-state index in [4.69, 9.17) is 4.42 Å². The summed E-state index contributed by atoms with van der Waals surface area (Å²) in [5.74, 6) is 1.14. The van der Waals surface area contributed by atoms with E-state index in [0.29, 0.717) is 23.6 Å². The van der Waals surface area contributed by atoms with E-state index in [0.717, 1.165) is 18.6 Å². The summed E-state index contributed by atoms with van der Waals surface area (Å²) in [6.45, 7) is 11.4. The topological polar surface area (TPSA) is 25.2 Å². The van der Waals surface area contributed by atoms with Gasteiger partial charge in [-0.2, -0.15) is 13.2 Å². The predicted molar refractivity (Wildman–Crippen MR) is 94.1 cm³/mol. The average Bonchev–Trinajstić information content (AvgIpc) is 2.91. The van der Waals surface area contributed by atoms with Gasteiger partial charge in [0.05, 0.1) is 12.1 Å². The quantitative estimate of drug-likeness (QED) is 0.685. The van der Waals surface area contributed by atoms with Gasteiger partial charge in [0, 0.05) is 11.1 Å². The fourth-order valence-corrected chi connectivity index (χ4v) is 3.19. The summed E-state index contributed by atoms with van der Waals surface area (Å²) < 4.78 is 44.2. The lowest BCUT2D eigenvalue weighted by Crippen LogP contribution is -2.41. The standard InChI is InChI=1S/C20H26F3NO/c1-18(2,3)13-19(4,5)24-12-16-9-10-17(25-16)14-7-6-8-15(11-14)20(21,22)23/h6-11,24H,12-13H2,1-5H3. The van der Waals surface area contributed by atoms with Gasteiger partial charge in [-0.15, -0.1) is 0 Å². The van der Waals surface area contributed by atoms with Crippen LogP contribution in [0.25, 0.3) is 11.3 Å². The van der Waals surface area contributed by atoms with Crippen LogP contribution in [0.5, 0.6) is 0 Å². The Morgan fingerprint density at radius 3 is 2.24 bits per heavy atom. The zero-order valence-electron chi connectivity index (χ0n) is 15.4. The highest BCUT2D eigenvalue weighted by Crippen LogP contribution is 2.33. The molecular weight excluding hydrogens is 327 g/mol. The van der Waals surface area contributed by atoms with E-state index < -0.39 is 11.7 Å². The first-order valence-electron chi connectivity index (χ1n) is 8.37. The van der Waals surface area contributed by atoms with Crippen molar-refractivity contribution in [2.75, 3.05) is 0 Å². The lowest BCUT2D eigenvalue weighted by Gasteiger charge is -2.33. The molecule has 2 nitrogen and oxygen atoms in total. The minimum atomic E-state index is -4.36. The number of rotatable bonds is 5. The molecule has 0 saturated heterocycles. The third kappa shape index (κ3) is 5.92. The zero-order chi connectivity index (χ0) is 18.9. The van der Waals surface area contributed by atoms with Crippen molar-refractivity contribution >= 4 is 0 Å². The molecule has 0 aliphatic rings. The average molecular weight is 353 g/mol. The Labute approximate surface area is 147 Å². The van der Waals surface area contributed by atoms with E-state index in [1.165, 1.54) is 6.07 Å². The van der Waals surface area contributed by atoms with Crippen LogP contribution in [0.4, 0.5) is 13.2 Å². The molecule has 0 aliphatic heterocycles. The summed E-state index contributed by atoms with van der Waals surface area (Å²) in [4.78, 5) is 0. The maximum atomic E-state index is 12.8. The van der Waals surface area contributed by atoms with E-state index >= 15 is 0 Å². The first kappa shape index (κ1) is 19.6. The maximum Gasteiger partial charge on any atom is 0.416 e. The van der Waals surface area contributed by atoms with Gasteiger partial charge < -0.3 is 9.73 Å². The van der Waals surface area contributed by atoms with Gasteiger partial charge >= 0.3 is 6.18 Å². The van der Waals surface area contributed by atoms with Crippen LogP contribution in [0.3, 0.4) is 0 Å². The summed E-state index contributed by atoms with van der Waals surface area (Å²) in [7, 11) is 0. The highest BCUT2D eigenvalue weighted by atomic mass is 19.4. The number of alkyl halides is 3. The molecular formula is C20H26F3NO. The molecule has 0 saturated carbocycles. The van der Waals surface area contributed by atoms with Gasteiger partial charge in [0.25, 0.3) is 0 Å². The fraction of sp³-hybridized carbons (Fsp3) is 0.500. The van der Waals surface area contributed by atoms with Crippen molar-refractivity contribution in [2.45, 2.75) is 59.3 Å². The largest absolute Gasteiger partial charge is 0.460 e. The number of halogens is 3. The molecule has 1 aromatic carbocycles. The molecule has 2 rings (SSSR count). The molecule has 0 unspecified atom stereocenters. The van der Waals surface area contributed by atoms with Crippen molar-refractivity contribution in [1.29, 1.82) is 0 Å². The first-order valence-corrected chi connectivity index (χ1v) is 8.37. The smallest absolute Gasteiger partial charge is 0.416 e. The van der Waals surface area contributed by atoms with Crippen LogP contribution in [0.2, 0.25) is 0 Å². The molecule has 0 spiro atoms. The van der Waals surface area contributed by atoms with Gasteiger partial charge in [-0.3, -0.25) is 0 Å². The number of hydrogen-bond donors (Lipinski definition) is 1. The third-order valence-electron chi connectivity index (χ3n) is 3.85. The summed E-state index contributed by atoms with van der Waals surface area (Å²) in [6, 6.07) is 8.70. The van der Waals surface area contributed by atoms with Gasteiger partial charge in [0.2, 0.25) is 0 Å². The molecule has 0 atom stereocenters. The van der Waals surface area contributed by atoms with Gasteiger partial charge in [0.15, 0.2) is 0 Å². The van der Waals surface area contributed by atoms with Gasteiger partial charge in [0.1, 0.15) is 11.5 Å². The summed E-state index contributed by atoms with van der Waals surface area (Å²) in [5, 5.41) is 3.46. The fourth-order valence-electron chi connectivity index (χ4n) is 3.19. The predicted octanol–water partition coefficient (Wildman–Crippen LogP) is 6.27. The van der Waals surface area contributed by atoms with E-state index in [1.807, 2.05) is 0 Å². The van der Waals surface area contributed by atoms with Crippen LogP contribution in [-0.2, 0) is 12.7 Å². The second-order valence-electron chi connectivity index (χ2n) is 8.32. The van der Waals surface area contributed by atoms with Gasteiger partial charge in [-0.25, -0.2) is 0 Å². The Balaban J connectivity index is 2.08. The number of hydrogen-bond acceptors (Lipinski definition) is 2. The van der Waals surface area contributed by atoms with E-state index in [2.05, 4.69) is 39.9 Å². The van der Waals surface area contributed by atoms with Gasteiger partial charge in [-0.1, -0.05) is 32.9 Å². The molecule has 25 heavy (non-hydrogen) atoms. The maximum absolute atomic E-state index is 12.8. The lowest BCUT2D eigenvalue weighted by atomic mass is 9.82. The van der Waals surface area contributed by atoms with Crippen LogP contribution in [0.1, 0.15) is 52.4 Å². The van der Waals surface area contributed by atoms with Crippen molar-refractivity contribution in [3.05, 3.63) is 47.7 Å². The summed E-state index contributed by atoms with van der Waals surface area (Å²) in [5.41, 5.74) is -0.119. The van der Waals surface area contributed by atoms with E-state index in [-0.39, 0.29) is 11.0 Å². The van der Waals surface area contributed by atoms with Crippen LogP contribution in [0, 0.1) is 5.41 Å². The van der Waals surface area contributed by atoms with Crippen molar-refractivity contribution in [2.24, 2.45) is 5.41 Å². The van der Waals surface area contributed by atoms with Crippen molar-refractivity contribution in [3.8, 4) is 11.3 Å². The number of benzene rings is 1. The SMILES string of the molecule is CC(C)(C)CC(C)(C)NCc1ccc(-c2cccc(C(F)(F)F)c2)o1. The molecule has 2 aromatic rings. The van der Waals surface area contributed by atoms with Crippen LogP contribution in [0.15, 0.2) is 40.8 Å². The molecule has 1 heterocycles. The van der Waals surface area contributed by atoms with Crippen LogP contribution < -0.4 is 5.32 Å². The lowest BCUT2D eigenvalue weighted by molar-refractivity contribution is -0.137. The molecule has 138 valence electrons. The Morgan fingerprint density at radius 1 is 0.960 bits per heavy atom. The molecule has 5 heteroatoms. The highest BCUT2D eigenvalue weighted by Gasteiger charge is 2.30. The first-order chi connectivity index (χ1) is 11.4. The Bertz CT molecular complexity index is 708.